The Morgan fingerprint density at radius 1 is 1.11 bits per heavy atom. The molecule has 1 atom stereocenters. The lowest BCUT2D eigenvalue weighted by molar-refractivity contribution is 0.175. The molecule has 8 nitrogen and oxygen atoms in total. The van der Waals surface area contributed by atoms with Crippen molar-refractivity contribution in [2.45, 2.75) is 50.5 Å². The van der Waals surface area contributed by atoms with E-state index in [0.29, 0.717) is 17.7 Å². The van der Waals surface area contributed by atoms with Gasteiger partial charge in [-0.25, -0.2) is 4.79 Å². The van der Waals surface area contributed by atoms with E-state index in [2.05, 4.69) is 73.1 Å². The number of likely N-dealkylation sites (tertiary alicyclic amines) is 1. The number of tetrazole rings is 1. The maximum Gasteiger partial charge on any atom is 0.317 e. The Labute approximate surface area is 214 Å². The van der Waals surface area contributed by atoms with Gasteiger partial charge in [0.15, 0.2) is 5.82 Å². The largest absolute Gasteiger partial charge is 0.328 e. The van der Waals surface area contributed by atoms with Crippen LogP contribution in [-0.4, -0.2) is 49.2 Å². The molecule has 0 bridgehead atoms. The normalized spacial score (nSPS) is 19.0. The molecule has 3 heterocycles. The van der Waals surface area contributed by atoms with Gasteiger partial charge in [-0.15, -0.1) is 10.2 Å². The van der Waals surface area contributed by atoms with E-state index >= 15 is 0 Å². The Morgan fingerprint density at radius 2 is 1.92 bits per heavy atom. The van der Waals surface area contributed by atoms with Gasteiger partial charge in [-0.3, -0.25) is 0 Å². The van der Waals surface area contributed by atoms with Gasteiger partial charge in [0.1, 0.15) is 0 Å². The van der Waals surface area contributed by atoms with Gasteiger partial charge in [-0.2, -0.15) is 5.21 Å². The van der Waals surface area contributed by atoms with Crippen molar-refractivity contribution in [3.63, 3.8) is 0 Å². The quantitative estimate of drug-likeness (QED) is 0.556. The number of carbonyl (C=O) groups excluding carboxylic acids is 1. The predicted octanol–water partition coefficient (Wildman–Crippen LogP) is 3.60. The maximum absolute atomic E-state index is 13.1. The van der Waals surface area contributed by atoms with E-state index in [0.717, 1.165) is 62.3 Å². The third-order valence-electron chi connectivity index (χ3n) is 7.52. The molecule has 1 saturated carbocycles. The molecular formula is C27H30ClN7O. The molecule has 186 valence electrons. The minimum Gasteiger partial charge on any atom is -0.328 e. The molecule has 1 saturated heterocycles. The molecule has 1 aromatic carbocycles. The Bertz CT molecular complexity index is 1360. The minimum absolute atomic E-state index is 0.0352. The number of fused-ring (bicyclic) bond motifs is 1. The number of nitrogens with one attached hydrogen (secondary N) is 2. The lowest BCUT2D eigenvalue weighted by Crippen LogP contribution is -2.46. The second-order valence-electron chi connectivity index (χ2n) is 9.90. The summed E-state index contributed by atoms with van der Waals surface area (Å²) in [5.74, 6) is 1.36. The highest BCUT2D eigenvalue weighted by atomic mass is 35.5. The van der Waals surface area contributed by atoms with Gasteiger partial charge in [-0.05, 0) is 80.2 Å². The summed E-state index contributed by atoms with van der Waals surface area (Å²) < 4.78 is 2.29. The van der Waals surface area contributed by atoms with Crippen LogP contribution in [0.4, 0.5) is 4.79 Å². The zero-order valence-electron chi connectivity index (χ0n) is 20.1. The molecular weight excluding hydrogens is 474 g/mol. The van der Waals surface area contributed by atoms with E-state index in [9.17, 15) is 4.79 Å². The van der Waals surface area contributed by atoms with Crippen LogP contribution >= 0.6 is 11.6 Å². The first-order valence-corrected chi connectivity index (χ1v) is 13.2. The van der Waals surface area contributed by atoms with Crippen molar-refractivity contribution in [1.82, 2.24) is 35.4 Å². The van der Waals surface area contributed by atoms with Crippen LogP contribution in [0.15, 0.2) is 42.6 Å². The van der Waals surface area contributed by atoms with Gasteiger partial charge < -0.3 is 14.8 Å². The third kappa shape index (κ3) is 4.69. The van der Waals surface area contributed by atoms with E-state index in [1.807, 2.05) is 17.0 Å². The van der Waals surface area contributed by atoms with Crippen molar-refractivity contribution in [2.24, 2.45) is 5.92 Å². The van der Waals surface area contributed by atoms with Gasteiger partial charge in [0.25, 0.3) is 0 Å². The van der Waals surface area contributed by atoms with E-state index in [4.69, 9.17) is 11.6 Å². The fourth-order valence-corrected chi connectivity index (χ4v) is 5.53. The Kier molecular flexibility index (Phi) is 6.35. The first kappa shape index (κ1) is 23.0. The highest BCUT2D eigenvalue weighted by Gasteiger charge is 2.37. The number of hydrogen-bond acceptors (Lipinski definition) is 4. The lowest BCUT2D eigenvalue weighted by Gasteiger charge is -2.33. The average molecular weight is 504 g/mol. The molecule has 2 fully saturated rings. The summed E-state index contributed by atoms with van der Waals surface area (Å²) >= 11 is 6.16. The number of H-pyrrole nitrogens is 1. The standard InChI is InChI=1S/C27H30ClN7O/c28-20-9-11-21(12-10-20)35-17-23(22-5-3-1-2-4-6-24(22)35)18-13-15-34(16-14-18)27(36)29-25(19-7-8-19)26-30-32-33-31-26/h1,3,5-6,9-12,17-19,25H,2,4,7-8,13-16H2,(H,29,36)(H,30,31,32,33). The molecule has 2 amide bonds. The highest BCUT2D eigenvalue weighted by molar-refractivity contribution is 6.30. The lowest BCUT2D eigenvalue weighted by atomic mass is 9.90. The number of nitrogens with zero attached hydrogens (tertiary/aromatic N) is 5. The minimum atomic E-state index is -0.168. The predicted molar refractivity (Wildman–Crippen MR) is 139 cm³/mol. The third-order valence-corrected chi connectivity index (χ3v) is 7.78. The number of piperidine rings is 1. The Morgan fingerprint density at radius 3 is 2.64 bits per heavy atom. The monoisotopic (exact) mass is 503 g/mol. The zero-order valence-corrected chi connectivity index (χ0v) is 20.9. The summed E-state index contributed by atoms with van der Waals surface area (Å²) in [7, 11) is 0. The van der Waals surface area contributed by atoms with E-state index in [-0.39, 0.29) is 12.1 Å². The first-order chi connectivity index (χ1) is 17.7. The molecule has 3 aromatic rings. The molecule has 0 spiro atoms. The van der Waals surface area contributed by atoms with Gasteiger partial charge in [0, 0.05) is 40.6 Å². The maximum atomic E-state index is 13.1. The number of aromatic amines is 1. The molecule has 36 heavy (non-hydrogen) atoms. The van der Waals surface area contributed by atoms with Crippen molar-refractivity contribution < 1.29 is 4.79 Å². The molecule has 9 heteroatoms. The number of hydrogen-bond donors (Lipinski definition) is 2. The van der Waals surface area contributed by atoms with Crippen molar-refractivity contribution in [3.8, 4) is 5.69 Å². The number of halogens is 1. The van der Waals surface area contributed by atoms with Crippen LogP contribution in [-0.2, 0) is 0 Å². The van der Waals surface area contributed by atoms with Crippen molar-refractivity contribution >= 4 is 29.8 Å². The summed E-state index contributed by atoms with van der Waals surface area (Å²) in [5.41, 5.74) is 2.46. The first-order valence-electron chi connectivity index (χ1n) is 12.8. The molecule has 2 aliphatic carbocycles. The van der Waals surface area contributed by atoms with Crippen molar-refractivity contribution in [3.05, 3.63) is 69.6 Å². The van der Waals surface area contributed by atoms with E-state index in [1.165, 1.54) is 16.1 Å². The number of rotatable bonds is 5. The van der Waals surface area contributed by atoms with Crippen LogP contribution in [0.1, 0.15) is 61.9 Å². The second-order valence-corrected chi connectivity index (χ2v) is 10.3. The number of benzene rings is 1. The van der Waals surface area contributed by atoms with Crippen LogP contribution in [0.3, 0.4) is 0 Å². The molecule has 0 radical (unpaired) electrons. The van der Waals surface area contributed by atoms with Crippen LogP contribution in [0.5, 0.6) is 0 Å². The molecule has 1 aliphatic heterocycles. The topological polar surface area (TPSA) is 91.7 Å². The fourth-order valence-electron chi connectivity index (χ4n) is 5.41. The summed E-state index contributed by atoms with van der Waals surface area (Å²) in [5, 5.41) is 20.8. The van der Waals surface area contributed by atoms with Crippen LogP contribution < -0.4 is 15.9 Å². The summed E-state index contributed by atoms with van der Waals surface area (Å²) in [6.45, 7) is 1.45. The van der Waals surface area contributed by atoms with Gasteiger partial charge >= 0.3 is 6.03 Å². The molecule has 2 N–H and O–H groups in total. The van der Waals surface area contributed by atoms with Crippen molar-refractivity contribution in [2.75, 3.05) is 13.1 Å². The van der Waals surface area contributed by atoms with Gasteiger partial charge in [-0.1, -0.05) is 41.1 Å². The summed E-state index contributed by atoms with van der Waals surface area (Å²) in [6, 6.07) is 7.82. The summed E-state index contributed by atoms with van der Waals surface area (Å²) in [4.78, 5) is 15.0. The fraction of sp³-hybridized carbons (Fsp3) is 0.407. The number of amides is 2. The molecule has 6 rings (SSSR count). The second kappa shape index (κ2) is 9.93. The molecule has 2 aromatic heterocycles. The number of allylic oxidation sites excluding steroid dienone is 2. The Hall–Kier alpha value is -3.39. The SMILES string of the molecule is O=C(NC(c1nn[nH]n1)C1CC1)N1CCC(c2cn(-c3ccc(Cl)cc3)c3c2=CC=CCCC=3)CC1. The van der Waals surface area contributed by atoms with Crippen LogP contribution in [0.25, 0.3) is 17.8 Å². The number of carbonyl (C=O) groups is 1. The van der Waals surface area contributed by atoms with Crippen LogP contribution in [0, 0.1) is 5.92 Å². The zero-order chi connectivity index (χ0) is 24.5. The molecule has 3 aliphatic rings. The number of urea groups is 1. The summed E-state index contributed by atoms with van der Waals surface area (Å²) in [6.07, 6.45) is 17.4. The van der Waals surface area contributed by atoms with Gasteiger partial charge in [0.05, 0.1) is 6.04 Å². The Balaban J connectivity index is 1.22. The van der Waals surface area contributed by atoms with Gasteiger partial charge in [0.2, 0.25) is 0 Å². The average Bonchev–Trinajstić information content (AvgIpc) is 3.46. The number of aromatic nitrogens is 5. The van der Waals surface area contributed by atoms with E-state index in [1.54, 1.807) is 0 Å². The van der Waals surface area contributed by atoms with Crippen LogP contribution in [0.2, 0.25) is 5.02 Å². The molecule has 1 unspecified atom stereocenters. The smallest absolute Gasteiger partial charge is 0.317 e. The highest BCUT2D eigenvalue weighted by Crippen LogP contribution is 2.40. The van der Waals surface area contributed by atoms with Crippen molar-refractivity contribution in [1.29, 1.82) is 0 Å². The van der Waals surface area contributed by atoms with E-state index < -0.39 is 0 Å².